The minimum absolute atomic E-state index is 0.0574. The maximum atomic E-state index is 12.7. The van der Waals surface area contributed by atoms with Gasteiger partial charge in [-0.3, -0.25) is 4.79 Å². The molecule has 2 aliphatic rings. The maximum Gasteiger partial charge on any atom is 0.320 e. The zero-order valence-corrected chi connectivity index (χ0v) is 12.1. The topological polar surface area (TPSA) is 58.2 Å². The Hall–Kier alpha value is -2.59. The Bertz CT molecular complexity index is 840. The molecule has 0 fully saturated rings. The van der Waals surface area contributed by atoms with E-state index in [2.05, 4.69) is 10.6 Å². The minimum atomic E-state index is -0.471. The van der Waals surface area contributed by atoms with Gasteiger partial charge in [-0.05, 0) is 17.7 Å². The molecule has 4 nitrogen and oxygen atoms in total. The molecule has 22 heavy (non-hydrogen) atoms. The van der Waals surface area contributed by atoms with Crippen molar-refractivity contribution in [1.29, 1.82) is 0 Å². The number of benzene rings is 2. The molecule has 0 aromatic heterocycles. The van der Waals surface area contributed by atoms with Crippen molar-refractivity contribution in [2.75, 3.05) is 0 Å². The average Bonchev–Trinajstić information content (AvgIpc) is 2.81. The SMILES string of the molecule is O=C1NC2=C(C(=O)c3ccccc32)[C@@H](c2ccc(Cl)cc2)N1. The summed E-state index contributed by atoms with van der Waals surface area (Å²) in [6, 6.07) is 13.6. The lowest BCUT2D eigenvalue weighted by Gasteiger charge is -2.26. The van der Waals surface area contributed by atoms with Gasteiger partial charge in [-0.2, -0.15) is 0 Å². The fraction of sp³-hybridized carbons (Fsp3) is 0.0588. The lowest BCUT2D eigenvalue weighted by atomic mass is 9.94. The Kier molecular flexibility index (Phi) is 2.81. The average molecular weight is 311 g/mol. The number of amides is 2. The summed E-state index contributed by atoms with van der Waals surface area (Å²) in [6.45, 7) is 0. The number of halogens is 1. The molecular weight excluding hydrogens is 300 g/mol. The highest BCUT2D eigenvalue weighted by Crippen LogP contribution is 2.39. The molecule has 0 radical (unpaired) electrons. The first-order chi connectivity index (χ1) is 10.6. The smallest absolute Gasteiger partial charge is 0.320 e. The largest absolute Gasteiger partial charge is 0.327 e. The molecule has 1 aliphatic carbocycles. The van der Waals surface area contributed by atoms with Crippen LogP contribution < -0.4 is 10.6 Å². The van der Waals surface area contributed by atoms with Gasteiger partial charge in [0.2, 0.25) is 0 Å². The molecule has 108 valence electrons. The predicted molar refractivity (Wildman–Crippen MR) is 83.6 cm³/mol. The van der Waals surface area contributed by atoms with E-state index in [0.29, 0.717) is 21.9 Å². The van der Waals surface area contributed by atoms with Gasteiger partial charge in [0.15, 0.2) is 5.78 Å². The van der Waals surface area contributed by atoms with E-state index in [0.717, 1.165) is 11.1 Å². The van der Waals surface area contributed by atoms with E-state index in [9.17, 15) is 9.59 Å². The third-order valence-corrected chi connectivity index (χ3v) is 4.21. The number of nitrogens with one attached hydrogen (secondary N) is 2. The van der Waals surface area contributed by atoms with Crippen molar-refractivity contribution in [2.24, 2.45) is 0 Å². The van der Waals surface area contributed by atoms with E-state index in [1.54, 1.807) is 18.2 Å². The van der Waals surface area contributed by atoms with Crippen LogP contribution in [0.4, 0.5) is 4.79 Å². The van der Waals surface area contributed by atoms with Gasteiger partial charge in [0.1, 0.15) is 0 Å². The van der Waals surface area contributed by atoms with Crippen LogP contribution in [0.1, 0.15) is 27.5 Å². The first kappa shape index (κ1) is 13.1. The third kappa shape index (κ3) is 1.84. The first-order valence-corrected chi connectivity index (χ1v) is 7.24. The summed E-state index contributed by atoms with van der Waals surface area (Å²) in [5.41, 5.74) is 3.40. The maximum absolute atomic E-state index is 12.7. The zero-order chi connectivity index (χ0) is 15.3. The highest BCUT2D eigenvalue weighted by Gasteiger charge is 2.39. The summed E-state index contributed by atoms with van der Waals surface area (Å²) in [7, 11) is 0. The van der Waals surface area contributed by atoms with Crippen LogP contribution in [0.2, 0.25) is 5.02 Å². The number of fused-ring (bicyclic) bond motifs is 2. The normalized spacial score (nSPS) is 19.4. The highest BCUT2D eigenvalue weighted by atomic mass is 35.5. The van der Waals surface area contributed by atoms with E-state index in [-0.39, 0.29) is 11.8 Å². The summed E-state index contributed by atoms with van der Waals surface area (Å²) in [5, 5.41) is 6.19. The Balaban J connectivity index is 1.88. The summed E-state index contributed by atoms with van der Waals surface area (Å²) in [4.78, 5) is 24.7. The molecule has 2 aromatic rings. The lowest BCUT2D eigenvalue weighted by Crippen LogP contribution is -2.43. The molecule has 2 aromatic carbocycles. The van der Waals surface area contributed by atoms with Crippen LogP contribution in [0.5, 0.6) is 0 Å². The van der Waals surface area contributed by atoms with Crippen LogP contribution >= 0.6 is 11.6 Å². The molecule has 5 heteroatoms. The van der Waals surface area contributed by atoms with Crippen LogP contribution in [0.15, 0.2) is 54.1 Å². The second-order valence-electron chi connectivity index (χ2n) is 5.25. The van der Waals surface area contributed by atoms with Crippen molar-refractivity contribution in [3.05, 3.63) is 75.8 Å². The van der Waals surface area contributed by atoms with Crippen LogP contribution in [-0.2, 0) is 0 Å². The molecule has 4 rings (SSSR count). The van der Waals surface area contributed by atoms with Crippen LogP contribution in [0, 0.1) is 0 Å². The molecule has 0 spiro atoms. The van der Waals surface area contributed by atoms with Gasteiger partial charge in [0, 0.05) is 16.1 Å². The Morgan fingerprint density at radius 1 is 0.909 bits per heavy atom. The molecule has 2 N–H and O–H groups in total. The van der Waals surface area contributed by atoms with E-state index in [1.807, 2.05) is 30.3 Å². The lowest BCUT2D eigenvalue weighted by molar-refractivity contribution is 0.103. The van der Waals surface area contributed by atoms with Gasteiger partial charge in [0.25, 0.3) is 0 Å². The van der Waals surface area contributed by atoms with Crippen molar-refractivity contribution < 1.29 is 9.59 Å². The molecule has 1 heterocycles. The van der Waals surface area contributed by atoms with E-state index < -0.39 is 6.04 Å². The number of urea groups is 1. The van der Waals surface area contributed by atoms with Gasteiger partial charge in [-0.25, -0.2) is 4.79 Å². The molecular formula is C17H11ClN2O2. The van der Waals surface area contributed by atoms with E-state index >= 15 is 0 Å². The summed E-state index contributed by atoms with van der Waals surface area (Å²) in [6.07, 6.45) is 0. The predicted octanol–water partition coefficient (Wildman–Crippen LogP) is 3.30. The number of ketones is 1. The molecule has 0 bridgehead atoms. The molecule has 1 atom stereocenters. The number of rotatable bonds is 1. The van der Waals surface area contributed by atoms with Crippen molar-refractivity contribution in [2.45, 2.75) is 6.04 Å². The van der Waals surface area contributed by atoms with Crippen molar-refractivity contribution >= 4 is 29.1 Å². The fourth-order valence-corrected chi connectivity index (χ4v) is 3.10. The molecule has 0 saturated heterocycles. The molecule has 0 saturated carbocycles. The number of hydrogen-bond acceptors (Lipinski definition) is 2. The number of Topliss-reactive ketones (excluding diaryl/α,β-unsaturated/α-hetero) is 1. The Morgan fingerprint density at radius 2 is 1.59 bits per heavy atom. The van der Waals surface area contributed by atoms with Crippen LogP contribution in [0.25, 0.3) is 5.70 Å². The van der Waals surface area contributed by atoms with Crippen molar-refractivity contribution in [3.8, 4) is 0 Å². The summed E-state index contributed by atoms with van der Waals surface area (Å²) < 4.78 is 0. The number of carbonyl (C=O) groups excluding carboxylic acids is 2. The number of hydrogen-bond donors (Lipinski definition) is 2. The summed E-state index contributed by atoms with van der Waals surface area (Å²) in [5.74, 6) is -0.0574. The van der Waals surface area contributed by atoms with Crippen LogP contribution in [0.3, 0.4) is 0 Å². The highest BCUT2D eigenvalue weighted by molar-refractivity contribution is 6.30. The second-order valence-corrected chi connectivity index (χ2v) is 5.68. The van der Waals surface area contributed by atoms with Gasteiger partial charge >= 0.3 is 6.03 Å². The number of carbonyl (C=O) groups is 2. The van der Waals surface area contributed by atoms with Crippen LogP contribution in [-0.4, -0.2) is 11.8 Å². The van der Waals surface area contributed by atoms with Gasteiger partial charge < -0.3 is 10.6 Å². The van der Waals surface area contributed by atoms with E-state index in [4.69, 9.17) is 11.6 Å². The molecule has 2 amide bonds. The Labute approximate surface area is 131 Å². The van der Waals surface area contributed by atoms with Gasteiger partial charge in [-0.1, -0.05) is 48.0 Å². The quantitative estimate of drug-likeness (QED) is 0.849. The second kappa shape index (κ2) is 4.71. The minimum Gasteiger partial charge on any atom is -0.327 e. The monoisotopic (exact) mass is 310 g/mol. The first-order valence-electron chi connectivity index (χ1n) is 6.86. The van der Waals surface area contributed by atoms with Crippen molar-refractivity contribution in [3.63, 3.8) is 0 Å². The zero-order valence-electron chi connectivity index (χ0n) is 11.4. The van der Waals surface area contributed by atoms with E-state index in [1.165, 1.54) is 0 Å². The standard InChI is InChI=1S/C17H11ClN2O2/c18-10-7-5-9(6-8-10)14-13-15(20-17(22)19-14)11-3-1-2-4-12(11)16(13)21/h1-8,14H,(H2,19,20,22)/t14-/m1/s1. The summed E-state index contributed by atoms with van der Waals surface area (Å²) >= 11 is 5.91. The van der Waals surface area contributed by atoms with Gasteiger partial charge in [-0.15, -0.1) is 0 Å². The Morgan fingerprint density at radius 3 is 2.32 bits per heavy atom. The molecule has 1 aliphatic heterocycles. The third-order valence-electron chi connectivity index (χ3n) is 3.96. The van der Waals surface area contributed by atoms with Crippen molar-refractivity contribution in [1.82, 2.24) is 10.6 Å². The fourth-order valence-electron chi connectivity index (χ4n) is 2.97. The molecule has 0 unspecified atom stereocenters. The van der Waals surface area contributed by atoms with Gasteiger partial charge in [0.05, 0.1) is 17.3 Å².